The van der Waals surface area contributed by atoms with E-state index in [0.29, 0.717) is 13.2 Å². The first kappa shape index (κ1) is 23.3. The summed E-state index contributed by atoms with van der Waals surface area (Å²) in [5.41, 5.74) is 2.10. The van der Waals surface area contributed by atoms with E-state index >= 15 is 0 Å². The van der Waals surface area contributed by atoms with Gasteiger partial charge in [-0.2, -0.15) is 15.6 Å². The molecule has 2 heterocycles. The lowest BCUT2D eigenvalue weighted by molar-refractivity contribution is 0.0926. The van der Waals surface area contributed by atoms with Crippen LogP contribution in [-0.2, 0) is 27.7 Å². The monoisotopic (exact) mass is 491 g/mol. The Balaban J connectivity index is 1.51. The van der Waals surface area contributed by atoms with Gasteiger partial charge in [-0.1, -0.05) is 35.9 Å². The van der Waals surface area contributed by atoms with E-state index in [2.05, 4.69) is 16.8 Å². The molecule has 1 aromatic heterocycles. The van der Waals surface area contributed by atoms with Crippen LogP contribution in [0.1, 0.15) is 24.0 Å². The number of rotatable bonds is 10. The summed E-state index contributed by atoms with van der Waals surface area (Å²) in [7, 11) is -3.80. The summed E-state index contributed by atoms with van der Waals surface area (Å²) < 4.78 is 40.1. The molecule has 4 rings (SSSR count). The Morgan fingerprint density at radius 1 is 1.12 bits per heavy atom. The minimum atomic E-state index is -3.80. The van der Waals surface area contributed by atoms with Crippen molar-refractivity contribution in [2.24, 2.45) is 0 Å². The Bertz CT molecular complexity index is 1110. The summed E-state index contributed by atoms with van der Waals surface area (Å²) in [6.45, 7) is 1.74. The van der Waals surface area contributed by atoms with Crippen LogP contribution < -0.4 is 4.74 Å². The Morgan fingerprint density at radius 3 is 2.75 bits per heavy atom. The molecular formula is C24H26ClNO4S2. The van der Waals surface area contributed by atoms with Gasteiger partial charge in [0.25, 0.3) is 0 Å². The van der Waals surface area contributed by atoms with Crippen LogP contribution in [0.4, 0.5) is 0 Å². The molecule has 0 saturated carbocycles. The molecule has 0 bridgehead atoms. The van der Waals surface area contributed by atoms with Crippen molar-refractivity contribution >= 4 is 33.0 Å². The third-order valence-electron chi connectivity index (χ3n) is 5.38. The summed E-state index contributed by atoms with van der Waals surface area (Å²) in [6.07, 6.45) is 2.51. The number of hydrogen-bond donors (Lipinski definition) is 0. The predicted octanol–water partition coefficient (Wildman–Crippen LogP) is 5.39. The lowest BCUT2D eigenvalue weighted by Gasteiger charge is -2.25. The second-order valence-electron chi connectivity index (χ2n) is 7.74. The van der Waals surface area contributed by atoms with Gasteiger partial charge < -0.3 is 9.47 Å². The average Bonchev–Trinajstić information content (AvgIpc) is 3.48. The molecular weight excluding hydrogens is 466 g/mol. The fourth-order valence-corrected chi connectivity index (χ4v) is 6.37. The highest BCUT2D eigenvalue weighted by Gasteiger charge is 2.30. The molecule has 0 radical (unpaired) electrons. The molecule has 170 valence electrons. The van der Waals surface area contributed by atoms with Gasteiger partial charge in [0.1, 0.15) is 10.6 Å². The van der Waals surface area contributed by atoms with Crippen molar-refractivity contribution < 1.29 is 17.9 Å². The minimum Gasteiger partial charge on any atom is -0.493 e. The van der Waals surface area contributed by atoms with Gasteiger partial charge in [-0.15, -0.1) is 0 Å². The molecule has 1 fully saturated rings. The highest BCUT2D eigenvalue weighted by Crippen LogP contribution is 2.28. The molecule has 8 heteroatoms. The molecule has 0 amide bonds. The van der Waals surface area contributed by atoms with Gasteiger partial charge in [0, 0.05) is 26.1 Å². The molecule has 0 N–H and O–H groups in total. The summed E-state index contributed by atoms with van der Waals surface area (Å²) in [5, 5.41) is 4.38. The summed E-state index contributed by atoms with van der Waals surface area (Å²) in [5.74, 6) is 0.727. The summed E-state index contributed by atoms with van der Waals surface area (Å²) in [4.78, 5) is 0.114. The van der Waals surface area contributed by atoms with Crippen molar-refractivity contribution in [3.8, 4) is 5.75 Å². The minimum absolute atomic E-state index is 0.114. The lowest BCUT2D eigenvalue weighted by atomic mass is 10.2. The van der Waals surface area contributed by atoms with E-state index in [1.54, 1.807) is 35.6 Å². The fraction of sp³-hybridized carbons (Fsp3) is 0.333. The number of benzene rings is 2. The van der Waals surface area contributed by atoms with E-state index in [1.807, 2.05) is 24.3 Å². The Morgan fingerprint density at radius 2 is 2.00 bits per heavy atom. The normalized spacial score (nSPS) is 16.5. The van der Waals surface area contributed by atoms with Crippen molar-refractivity contribution in [1.29, 1.82) is 0 Å². The van der Waals surface area contributed by atoms with Crippen LogP contribution in [0.2, 0.25) is 5.02 Å². The van der Waals surface area contributed by atoms with Crippen LogP contribution in [0.3, 0.4) is 0 Å². The van der Waals surface area contributed by atoms with E-state index in [0.717, 1.165) is 30.6 Å². The molecule has 5 nitrogen and oxygen atoms in total. The van der Waals surface area contributed by atoms with E-state index in [9.17, 15) is 8.42 Å². The molecule has 0 aliphatic carbocycles. The Labute approximate surface area is 198 Å². The van der Waals surface area contributed by atoms with E-state index in [1.165, 1.54) is 9.87 Å². The zero-order valence-electron chi connectivity index (χ0n) is 17.7. The average molecular weight is 492 g/mol. The number of thiophene rings is 1. The van der Waals surface area contributed by atoms with Crippen LogP contribution in [0, 0.1) is 0 Å². The van der Waals surface area contributed by atoms with Gasteiger partial charge >= 0.3 is 0 Å². The number of halogens is 1. The first-order valence-corrected chi connectivity index (χ1v) is 13.4. The van der Waals surface area contributed by atoms with Gasteiger partial charge in [0.05, 0.1) is 17.7 Å². The standard InChI is InChI=1S/C24H26ClNO4S2/c25-23-8-1-2-9-24(23)32(27,28)26(17-22-7-4-12-29-22)16-20-5-3-6-21(15-20)30-13-10-19-11-14-31-18-19/h1-3,5-6,8-9,11,14-15,18,22H,4,7,10,12-13,16-17H2/t22-/m1/s1. The number of sulfonamides is 1. The van der Waals surface area contributed by atoms with Gasteiger partial charge in [-0.05, 0) is 65.1 Å². The SMILES string of the molecule is O=S(=O)(c1ccccc1Cl)N(Cc1cccc(OCCc2ccsc2)c1)C[C@H]1CCCO1. The zero-order valence-corrected chi connectivity index (χ0v) is 20.0. The molecule has 2 aromatic carbocycles. The molecule has 0 spiro atoms. The maximum absolute atomic E-state index is 13.5. The highest BCUT2D eigenvalue weighted by atomic mass is 35.5. The van der Waals surface area contributed by atoms with E-state index < -0.39 is 10.0 Å². The van der Waals surface area contributed by atoms with Gasteiger partial charge in [0.15, 0.2) is 0 Å². The number of ether oxygens (including phenoxy) is 2. The molecule has 1 atom stereocenters. The van der Waals surface area contributed by atoms with Gasteiger partial charge in [0.2, 0.25) is 10.0 Å². The third kappa shape index (κ3) is 5.91. The van der Waals surface area contributed by atoms with Crippen LogP contribution >= 0.6 is 22.9 Å². The Hall–Kier alpha value is -1.90. The van der Waals surface area contributed by atoms with Gasteiger partial charge in [-0.25, -0.2) is 8.42 Å². The topological polar surface area (TPSA) is 55.8 Å². The molecule has 1 aliphatic heterocycles. The molecule has 0 unspecified atom stereocenters. The van der Waals surface area contributed by atoms with Crippen molar-refractivity contribution in [3.63, 3.8) is 0 Å². The zero-order chi connectivity index (χ0) is 22.4. The van der Waals surface area contributed by atoms with E-state index in [-0.39, 0.29) is 29.1 Å². The molecule has 3 aromatic rings. The maximum atomic E-state index is 13.5. The number of hydrogen-bond acceptors (Lipinski definition) is 5. The van der Waals surface area contributed by atoms with Crippen LogP contribution in [0.15, 0.2) is 70.3 Å². The van der Waals surface area contributed by atoms with Crippen molar-refractivity contribution in [3.05, 3.63) is 81.5 Å². The van der Waals surface area contributed by atoms with Gasteiger partial charge in [-0.3, -0.25) is 0 Å². The van der Waals surface area contributed by atoms with Crippen LogP contribution in [0.5, 0.6) is 5.75 Å². The predicted molar refractivity (Wildman–Crippen MR) is 128 cm³/mol. The largest absolute Gasteiger partial charge is 0.493 e. The quantitative estimate of drug-likeness (QED) is 0.381. The van der Waals surface area contributed by atoms with Crippen molar-refractivity contribution in [1.82, 2.24) is 4.31 Å². The molecule has 32 heavy (non-hydrogen) atoms. The van der Waals surface area contributed by atoms with Crippen LogP contribution in [0.25, 0.3) is 0 Å². The van der Waals surface area contributed by atoms with Crippen LogP contribution in [-0.4, -0.2) is 38.6 Å². The fourth-order valence-electron chi connectivity index (χ4n) is 3.72. The van der Waals surface area contributed by atoms with Crippen molar-refractivity contribution in [2.45, 2.75) is 36.8 Å². The summed E-state index contributed by atoms with van der Waals surface area (Å²) >= 11 is 7.91. The maximum Gasteiger partial charge on any atom is 0.244 e. The second-order valence-corrected chi connectivity index (χ2v) is 10.8. The van der Waals surface area contributed by atoms with Crippen molar-refractivity contribution in [2.75, 3.05) is 19.8 Å². The Kier molecular flexibility index (Phi) is 7.86. The smallest absolute Gasteiger partial charge is 0.244 e. The molecule has 1 saturated heterocycles. The first-order chi connectivity index (χ1) is 15.5. The lowest BCUT2D eigenvalue weighted by Crippen LogP contribution is -2.37. The first-order valence-electron chi connectivity index (χ1n) is 10.6. The second kappa shape index (κ2) is 10.8. The third-order valence-corrected chi connectivity index (χ3v) is 8.43. The van der Waals surface area contributed by atoms with E-state index in [4.69, 9.17) is 21.1 Å². The number of nitrogens with zero attached hydrogens (tertiary/aromatic N) is 1. The highest BCUT2D eigenvalue weighted by molar-refractivity contribution is 7.89. The molecule has 1 aliphatic rings. The summed E-state index contributed by atoms with van der Waals surface area (Å²) in [6, 6.07) is 16.2.